The molecule has 2 aromatic rings. The van der Waals surface area contributed by atoms with Gasteiger partial charge in [0, 0.05) is 4.88 Å². The fourth-order valence-electron chi connectivity index (χ4n) is 1.85. The molecule has 0 bridgehead atoms. The van der Waals surface area contributed by atoms with Crippen LogP contribution in [0.3, 0.4) is 0 Å². The highest BCUT2D eigenvalue weighted by molar-refractivity contribution is 7.09. The van der Waals surface area contributed by atoms with Gasteiger partial charge in [0.15, 0.2) is 18.1 Å². The highest BCUT2D eigenvalue weighted by Crippen LogP contribution is 2.29. The van der Waals surface area contributed by atoms with Gasteiger partial charge in [-0.05, 0) is 29.6 Å². The van der Waals surface area contributed by atoms with E-state index in [1.807, 2.05) is 17.5 Å². The Labute approximate surface area is 146 Å². The fourth-order valence-corrected chi connectivity index (χ4v) is 2.50. The van der Waals surface area contributed by atoms with E-state index in [9.17, 15) is 18.4 Å². The van der Waals surface area contributed by atoms with E-state index >= 15 is 0 Å². The van der Waals surface area contributed by atoms with Crippen LogP contribution in [0.25, 0.3) is 0 Å². The van der Waals surface area contributed by atoms with Crippen LogP contribution < -0.4 is 14.8 Å². The number of carbonyl (C=O) groups excluding carboxylic acids is 2. The van der Waals surface area contributed by atoms with E-state index in [-0.39, 0.29) is 17.1 Å². The second kappa shape index (κ2) is 8.97. The molecule has 0 atom stereocenters. The maximum atomic E-state index is 12.3. The van der Waals surface area contributed by atoms with Crippen LogP contribution in [0.5, 0.6) is 11.5 Å². The molecule has 1 aromatic carbocycles. The summed E-state index contributed by atoms with van der Waals surface area (Å²) in [6.45, 7) is -3.12. The second-order valence-corrected chi connectivity index (χ2v) is 5.71. The van der Waals surface area contributed by atoms with Gasteiger partial charge in [0.05, 0.1) is 19.2 Å². The molecule has 0 aliphatic carbocycles. The molecule has 0 unspecified atom stereocenters. The largest absolute Gasteiger partial charge is 0.493 e. The summed E-state index contributed by atoms with van der Waals surface area (Å²) in [5.74, 6) is -1.49. The predicted octanol–water partition coefficient (Wildman–Crippen LogP) is 2.83. The summed E-state index contributed by atoms with van der Waals surface area (Å²) < 4.78 is 38.6. The van der Waals surface area contributed by atoms with Gasteiger partial charge in [-0.25, -0.2) is 4.79 Å². The number of halogens is 2. The zero-order valence-electron chi connectivity index (χ0n) is 13.2. The van der Waals surface area contributed by atoms with Crippen molar-refractivity contribution in [3.8, 4) is 11.5 Å². The highest BCUT2D eigenvalue weighted by atomic mass is 32.1. The molecule has 0 saturated carbocycles. The third kappa shape index (κ3) is 5.71. The summed E-state index contributed by atoms with van der Waals surface area (Å²) in [4.78, 5) is 24.6. The molecule has 9 heteroatoms. The van der Waals surface area contributed by atoms with E-state index in [0.29, 0.717) is 6.54 Å². The maximum Gasteiger partial charge on any atom is 0.387 e. The minimum atomic E-state index is -3.02. The SMILES string of the molecule is COc1cc(C(=O)OCC(=O)NCc2cccs2)ccc1OC(F)F. The number of hydrogen-bond acceptors (Lipinski definition) is 6. The summed E-state index contributed by atoms with van der Waals surface area (Å²) in [5.41, 5.74) is 0.0459. The average molecular weight is 371 g/mol. The number of thiophene rings is 1. The third-order valence-corrected chi connectivity index (χ3v) is 3.87. The molecule has 1 aromatic heterocycles. The Kier molecular flexibility index (Phi) is 6.70. The zero-order chi connectivity index (χ0) is 18.2. The van der Waals surface area contributed by atoms with E-state index < -0.39 is 25.1 Å². The Balaban J connectivity index is 1.88. The molecule has 1 heterocycles. The van der Waals surface area contributed by atoms with E-state index in [0.717, 1.165) is 4.88 Å². The molecule has 25 heavy (non-hydrogen) atoms. The standard InChI is InChI=1S/C16H15F2NO5S/c1-22-13-7-10(4-5-12(13)24-16(17)18)15(21)23-9-14(20)19-8-11-3-2-6-25-11/h2-7,16H,8-9H2,1H3,(H,19,20). The number of rotatable bonds is 8. The summed E-state index contributed by atoms with van der Waals surface area (Å²) in [6, 6.07) is 7.33. The van der Waals surface area contributed by atoms with Gasteiger partial charge < -0.3 is 19.5 Å². The topological polar surface area (TPSA) is 73.9 Å². The average Bonchev–Trinajstić information content (AvgIpc) is 3.11. The monoisotopic (exact) mass is 371 g/mol. The molecule has 2 rings (SSSR count). The highest BCUT2D eigenvalue weighted by Gasteiger charge is 2.16. The summed E-state index contributed by atoms with van der Waals surface area (Å²) in [6.07, 6.45) is 0. The number of benzene rings is 1. The van der Waals surface area contributed by atoms with Gasteiger partial charge in [-0.15, -0.1) is 11.3 Å². The Hall–Kier alpha value is -2.68. The number of alkyl halides is 2. The van der Waals surface area contributed by atoms with Gasteiger partial charge in [-0.3, -0.25) is 4.79 Å². The van der Waals surface area contributed by atoms with Crippen molar-refractivity contribution in [3.63, 3.8) is 0 Å². The van der Waals surface area contributed by atoms with Gasteiger partial charge in [0.2, 0.25) is 0 Å². The number of carbonyl (C=O) groups is 2. The van der Waals surface area contributed by atoms with Crippen molar-refractivity contribution in [2.24, 2.45) is 0 Å². The number of ether oxygens (including phenoxy) is 3. The summed E-state index contributed by atoms with van der Waals surface area (Å²) in [5, 5.41) is 4.50. The van der Waals surface area contributed by atoms with Gasteiger partial charge >= 0.3 is 12.6 Å². The maximum absolute atomic E-state index is 12.3. The summed E-state index contributed by atoms with van der Waals surface area (Å²) in [7, 11) is 1.25. The second-order valence-electron chi connectivity index (χ2n) is 4.68. The smallest absolute Gasteiger partial charge is 0.387 e. The van der Waals surface area contributed by atoms with Gasteiger partial charge in [0.25, 0.3) is 5.91 Å². The first-order chi connectivity index (χ1) is 12.0. The van der Waals surface area contributed by atoms with Gasteiger partial charge in [-0.1, -0.05) is 6.07 Å². The van der Waals surface area contributed by atoms with Crippen LogP contribution in [-0.4, -0.2) is 32.2 Å². The number of amides is 1. The first kappa shape index (κ1) is 18.7. The molecule has 6 nitrogen and oxygen atoms in total. The van der Waals surface area contributed by atoms with Crippen LogP contribution in [0.4, 0.5) is 8.78 Å². The van der Waals surface area contributed by atoms with Crippen molar-refractivity contribution in [2.45, 2.75) is 13.2 Å². The number of nitrogens with one attached hydrogen (secondary N) is 1. The van der Waals surface area contributed by atoms with Crippen LogP contribution in [-0.2, 0) is 16.1 Å². The zero-order valence-corrected chi connectivity index (χ0v) is 14.0. The lowest BCUT2D eigenvalue weighted by atomic mass is 10.2. The van der Waals surface area contributed by atoms with Crippen molar-refractivity contribution in [1.82, 2.24) is 5.32 Å². The van der Waals surface area contributed by atoms with Gasteiger partial charge in [-0.2, -0.15) is 8.78 Å². The van der Waals surface area contributed by atoms with Crippen molar-refractivity contribution in [1.29, 1.82) is 0 Å². The first-order valence-corrected chi connectivity index (χ1v) is 7.96. The quantitative estimate of drug-likeness (QED) is 0.723. The molecule has 0 spiro atoms. The predicted molar refractivity (Wildman–Crippen MR) is 86.1 cm³/mol. The lowest BCUT2D eigenvalue weighted by Gasteiger charge is -2.11. The molecule has 0 fully saturated rings. The Bertz CT molecular complexity index is 721. The number of hydrogen-bond donors (Lipinski definition) is 1. The van der Waals surface area contributed by atoms with Crippen LogP contribution in [0, 0.1) is 0 Å². The Morgan fingerprint density at radius 3 is 2.68 bits per heavy atom. The van der Waals surface area contributed by atoms with Crippen molar-refractivity contribution >= 4 is 23.2 Å². The van der Waals surface area contributed by atoms with E-state index in [2.05, 4.69) is 10.1 Å². The Morgan fingerprint density at radius 2 is 2.04 bits per heavy atom. The molecule has 0 aliphatic heterocycles. The first-order valence-electron chi connectivity index (χ1n) is 7.08. The van der Waals surface area contributed by atoms with Crippen molar-refractivity contribution < 1.29 is 32.6 Å². The Morgan fingerprint density at radius 1 is 1.24 bits per heavy atom. The minimum Gasteiger partial charge on any atom is -0.493 e. The molecule has 0 saturated heterocycles. The number of esters is 1. The molecule has 0 aliphatic rings. The number of methoxy groups -OCH3 is 1. The van der Waals surface area contributed by atoms with E-state index in [4.69, 9.17) is 9.47 Å². The van der Waals surface area contributed by atoms with E-state index in [1.54, 1.807) is 0 Å². The van der Waals surface area contributed by atoms with Crippen LogP contribution in [0.2, 0.25) is 0 Å². The minimum absolute atomic E-state index is 0.0445. The molecule has 1 N–H and O–H groups in total. The third-order valence-electron chi connectivity index (χ3n) is 2.99. The van der Waals surface area contributed by atoms with Gasteiger partial charge in [0.1, 0.15) is 0 Å². The fraction of sp³-hybridized carbons (Fsp3) is 0.250. The normalized spacial score (nSPS) is 10.4. The van der Waals surface area contributed by atoms with Crippen LogP contribution in [0.15, 0.2) is 35.7 Å². The van der Waals surface area contributed by atoms with E-state index in [1.165, 1.54) is 36.6 Å². The molecular formula is C16H15F2NO5S. The van der Waals surface area contributed by atoms with Crippen LogP contribution in [0.1, 0.15) is 15.2 Å². The lowest BCUT2D eigenvalue weighted by molar-refractivity contribution is -0.124. The molecule has 134 valence electrons. The molecular weight excluding hydrogens is 356 g/mol. The summed E-state index contributed by atoms with van der Waals surface area (Å²) >= 11 is 1.49. The lowest BCUT2D eigenvalue weighted by Crippen LogP contribution is -2.28. The van der Waals surface area contributed by atoms with Crippen molar-refractivity contribution in [3.05, 3.63) is 46.2 Å². The molecule has 0 radical (unpaired) electrons. The molecule has 1 amide bonds. The van der Waals surface area contributed by atoms with Crippen molar-refractivity contribution in [2.75, 3.05) is 13.7 Å². The van der Waals surface area contributed by atoms with Crippen LogP contribution >= 0.6 is 11.3 Å².